The van der Waals surface area contributed by atoms with Gasteiger partial charge >= 0.3 is 6.03 Å². The summed E-state index contributed by atoms with van der Waals surface area (Å²) in [6.45, 7) is 5.90. The Balaban J connectivity index is 1.46. The van der Waals surface area contributed by atoms with Gasteiger partial charge in [0.05, 0.1) is 7.11 Å². The lowest BCUT2D eigenvalue weighted by atomic mass is 10.1. The summed E-state index contributed by atoms with van der Waals surface area (Å²) in [6, 6.07) is 5.73. The van der Waals surface area contributed by atoms with E-state index in [0.29, 0.717) is 37.7 Å². The third-order valence-electron chi connectivity index (χ3n) is 5.20. The molecule has 0 bridgehead atoms. The van der Waals surface area contributed by atoms with Crippen molar-refractivity contribution < 1.29 is 19.1 Å². The molecule has 2 aliphatic rings. The molecular formula is C20H29N3O4. The SMILES string of the molecule is COc1cc(C)ccc1OCC(=O)N1CCN(C(=O)N2CCCCC2)CC1. The van der Waals surface area contributed by atoms with Gasteiger partial charge in [-0.15, -0.1) is 0 Å². The highest BCUT2D eigenvalue weighted by Crippen LogP contribution is 2.27. The topological polar surface area (TPSA) is 62.3 Å². The van der Waals surface area contributed by atoms with Crippen LogP contribution in [0.5, 0.6) is 11.5 Å². The first kappa shape index (κ1) is 19.3. The standard InChI is InChI=1S/C20H29N3O4/c1-16-6-7-17(18(14-16)26-2)27-15-19(24)21-10-12-23(13-11-21)20(25)22-8-4-3-5-9-22/h6-7,14H,3-5,8-13,15H2,1-2H3. The van der Waals surface area contributed by atoms with E-state index in [-0.39, 0.29) is 18.5 Å². The van der Waals surface area contributed by atoms with Crippen molar-refractivity contribution in [2.45, 2.75) is 26.2 Å². The van der Waals surface area contributed by atoms with Crippen LogP contribution in [-0.2, 0) is 4.79 Å². The van der Waals surface area contributed by atoms with Gasteiger partial charge < -0.3 is 24.2 Å². The van der Waals surface area contributed by atoms with Gasteiger partial charge in [0.15, 0.2) is 18.1 Å². The molecule has 148 valence electrons. The van der Waals surface area contributed by atoms with Crippen LogP contribution in [0.1, 0.15) is 24.8 Å². The Morgan fingerprint density at radius 2 is 1.52 bits per heavy atom. The number of piperidine rings is 1. The molecule has 2 fully saturated rings. The Kier molecular flexibility index (Phi) is 6.42. The number of carbonyl (C=O) groups excluding carboxylic acids is 2. The predicted octanol–water partition coefficient (Wildman–Crippen LogP) is 2.13. The van der Waals surface area contributed by atoms with E-state index in [4.69, 9.17) is 9.47 Å². The summed E-state index contributed by atoms with van der Waals surface area (Å²) < 4.78 is 11.0. The lowest BCUT2D eigenvalue weighted by Crippen LogP contribution is -2.55. The molecule has 0 spiro atoms. The van der Waals surface area contributed by atoms with Crippen LogP contribution in [0.4, 0.5) is 4.79 Å². The molecule has 0 saturated carbocycles. The Morgan fingerprint density at radius 1 is 0.889 bits per heavy atom. The quantitative estimate of drug-likeness (QED) is 0.809. The zero-order valence-corrected chi connectivity index (χ0v) is 16.3. The number of methoxy groups -OCH3 is 1. The maximum absolute atomic E-state index is 12.5. The molecule has 0 radical (unpaired) electrons. The highest BCUT2D eigenvalue weighted by atomic mass is 16.5. The highest BCUT2D eigenvalue weighted by molar-refractivity contribution is 5.79. The van der Waals surface area contributed by atoms with Crippen molar-refractivity contribution in [3.63, 3.8) is 0 Å². The average Bonchev–Trinajstić information content (AvgIpc) is 2.72. The fourth-order valence-corrected chi connectivity index (χ4v) is 3.56. The predicted molar refractivity (Wildman–Crippen MR) is 102 cm³/mol. The molecule has 0 atom stereocenters. The van der Waals surface area contributed by atoms with Crippen LogP contribution in [0.3, 0.4) is 0 Å². The van der Waals surface area contributed by atoms with Crippen molar-refractivity contribution >= 4 is 11.9 Å². The molecular weight excluding hydrogens is 346 g/mol. The fourth-order valence-electron chi connectivity index (χ4n) is 3.56. The lowest BCUT2D eigenvalue weighted by molar-refractivity contribution is -0.134. The molecule has 27 heavy (non-hydrogen) atoms. The van der Waals surface area contributed by atoms with Gasteiger partial charge in [0.1, 0.15) is 0 Å². The van der Waals surface area contributed by atoms with Gasteiger partial charge in [-0.1, -0.05) is 6.07 Å². The van der Waals surface area contributed by atoms with E-state index in [9.17, 15) is 9.59 Å². The van der Waals surface area contributed by atoms with Gasteiger partial charge in [-0.25, -0.2) is 4.79 Å². The minimum absolute atomic E-state index is 0.0283. The number of aryl methyl sites for hydroxylation is 1. The van der Waals surface area contributed by atoms with Gasteiger partial charge in [0.25, 0.3) is 5.91 Å². The lowest BCUT2D eigenvalue weighted by Gasteiger charge is -2.38. The van der Waals surface area contributed by atoms with Crippen molar-refractivity contribution in [3.05, 3.63) is 23.8 Å². The van der Waals surface area contributed by atoms with E-state index < -0.39 is 0 Å². The summed E-state index contributed by atoms with van der Waals surface area (Å²) >= 11 is 0. The maximum atomic E-state index is 12.5. The van der Waals surface area contributed by atoms with E-state index in [1.54, 1.807) is 12.0 Å². The zero-order chi connectivity index (χ0) is 19.2. The monoisotopic (exact) mass is 375 g/mol. The third-order valence-corrected chi connectivity index (χ3v) is 5.20. The third kappa shape index (κ3) is 4.84. The van der Waals surface area contributed by atoms with Gasteiger partial charge in [-0.2, -0.15) is 0 Å². The van der Waals surface area contributed by atoms with Gasteiger partial charge in [-0.05, 0) is 43.9 Å². The van der Waals surface area contributed by atoms with Crippen LogP contribution in [-0.4, -0.2) is 79.6 Å². The van der Waals surface area contributed by atoms with Crippen molar-refractivity contribution in [2.75, 3.05) is 53.0 Å². The maximum Gasteiger partial charge on any atom is 0.320 e. The number of hydrogen-bond donors (Lipinski definition) is 0. The van der Waals surface area contributed by atoms with Crippen LogP contribution in [0, 0.1) is 6.92 Å². The van der Waals surface area contributed by atoms with Crippen LogP contribution in [0.2, 0.25) is 0 Å². The molecule has 7 heteroatoms. The number of rotatable bonds is 4. The molecule has 0 aliphatic carbocycles. The molecule has 2 saturated heterocycles. The van der Waals surface area contributed by atoms with E-state index in [1.165, 1.54) is 6.42 Å². The van der Waals surface area contributed by atoms with E-state index in [2.05, 4.69) is 0 Å². The summed E-state index contributed by atoms with van der Waals surface area (Å²) in [5.74, 6) is 1.12. The second kappa shape index (κ2) is 8.97. The Bertz CT molecular complexity index is 665. The molecule has 0 aromatic heterocycles. The van der Waals surface area contributed by atoms with Crippen molar-refractivity contribution in [2.24, 2.45) is 0 Å². The molecule has 2 aliphatic heterocycles. The first-order valence-electron chi connectivity index (χ1n) is 9.67. The number of ether oxygens (including phenoxy) is 2. The molecule has 1 aromatic rings. The zero-order valence-electron chi connectivity index (χ0n) is 16.3. The van der Waals surface area contributed by atoms with Crippen LogP contribution >= 0.6 is 0 Å². The Morgan fingerprint density at radius 3 is 2.19 bits per heavy atom. The first-order valence-corrected chi connectivity index (χ1v) is 9.67. The Hall–Kier alpha value is -2.44. The second-order valence-electron chi connectivity index (χ2n) is 7.14. The summed E-state index contributed by atoms with van der Waals surface area (Å²) in [7, 11) is 1.59. The molecule has 0 unspecified atom stereocenters. The molecule has 7 nitrogen and oxygen atoms in total. The smallest absolute Gasteiger partial charge is 0.320 e. The average molecular weight is 375 g/mol. The first-order chi connectivity index (χ1) is 13.1. The number of urea groups is 1. The van der Waals surface area contributed by atoms with E-state index in [1.807, 2.05) is 34.9 Å². The summed E-state index contributed by atoms with van der Waals surface area (Å²) in [4.78, 5) is 30.6. The van der Waals surface area contributed by atoms with E-state index in [0.717, 1.165) is 31.5 Å². The number of likely N-dealkylation sites (tertiary alicyclic amines) is 1. The molecule has 0 N–H and O–H groups in total. The number of amides is 3. The molecule has 2 heterocycles. The number of hydrogen-bond acceptors (Lipinski definition) is 4. The van der Waals surface area contributed by atoms with Crippen LogP contribution in [0.25, 0.3) is 0 Å². The normalized spacial score (nSPS) is 17.6. The van der Waals surface area contributed by atoms with Crippen molar-refractivity contribution in [1.29, 1.82) is 0 Å². The molecule has 3 amide bonds. The van der Waals surface area contributed by atoms with E-state index >= 15 is 0 Å². The van der Waals surface area contributed by atoms with Gasteiger partial charge in [0, 0.05) is 39.3 Å². The van der Waals surface area contributed by atoms with Gasteiger partial charge in [-0.3, -0.25) is 4.79 Å². The van der Waals surface area contributed by atoms with Crippen LogP contribution in [0.15, 0.2) is 18.2 Å². The minimum atomic E-state index is -0.0669. The van der Waals surface area contributed by atoms with Crippen molar-refractivity contribution in [3.8, 4) is 11.5 Å². The Labute approximate surface area is 160 Å². The summed E-state index contributed by atoms with van der Waals surface area (Å²) in [5.41, 5.74) is 1.07. The summed E-state index contributed by atoms with van der Waals surface area (Å²) in [6.07, 6.45) is 3.38. The number of benzene rings is 1. The minimum Gasteiger partial charge on any atom is -0.493 e. The van der Waals surface area contributed by atoms with Crippen LogP contribution < -0.4 is 9.47 Å². The number of piperazine rings is 1. The number of nitrogens with zero attached hydrogens (tertiary/aromatic N) is 3. The van der Waals surface area contributed by atoms with Gasteiger partial charge in [0.2, 0.25) is 0 Å². The number of carbonyl (C=O) groups is 2. The van der Waals surface area contributed by atoms with Crippen molar-refractivity contribution in [1.82, 2.24) is 14.7 Å². The highest BCUT2D eigenvalue weighted by Gasteiger charge is 2.28. The molecule has 1 aromatic carbocycles. The second-order valence-corrected chi connectivity index (χ2v) is 7.14. The largest absolute Gasteiger partial charge is 0.493 e. The molecule has 3 rings (SSSR count). The summed E-state index contributed by atoms with van der Waals surface area (Å²) in [5, 5.41) is 0. The fraction of sp³-hybridized carbons (Fsp3) is 0.600.